The fraction of sp³-hybridized carbons (Fsp3) is 0.286. The Balaban J connectivity index is 0.00000180. The zero-order valence-electron chi connectivity index (χ0n) is 19.6. The van der Waals surface area contributed by atoms with Crippen LogP contribution in [0.1, 0.15) is 51.0 Å². The van der Waals surface area contributed by atoms with Gasteiger partial charge in [-0.1, -0.05) is 24.3 Å². The van der Waals surface area contributed by atoms with E-state index < -0.39 is 5.41 Å². The van der Waals surface area contributed by atoms with Crippen LogP contribution < -0.4 is 20.1 Å². The Bertz CT molecular complexity index is 1270. The number of ether oxygens (including phenoxy) is 2. The number of anilines is 1. The maximum atomic E-state index is 13.3. The Kier molecular flexibility index (Phi) is 5.52. The first kappa shape index (κ1) is 22.0. The van der Waals surface area contributed by atoms with Crippen molar-refractivity contribution in [2.45, 2.75) is 45.1 Å². The average molecular weight is 461 g/mol. The van der Waals surface area contributed by atoms with Crippen molar-refractivity contribution < 1.29 is 21.9 Å². The smallest absolute Gasteiger partial charge is 0.251 e. The van der Waals surface area contributed by atoms with E-state index in [9.17, 15) is 9.59 Å². The molecule has 1 saturated carbocycles. The van der Waals surface area contributed by atoms with Crippen molar-refractivity contribution in [1.29, 1.82) is 0 Å². The number of aryl methyl sites for hydroxylation is 1. The molecule has 0 unspecified atom stereocenters. The Hall–Kier alpha value is -3.80. The SMILES string of the molecule is Cc1ccc(NC(=O)C2(c3ccc4c(c3)OCO4)CC2)cc1-c1ccc(C(=O)NC(C)C)cc1.[HH].[HH]. The fourth-order valence-corrected chi connectivity index (χ4v) is 4.37. The molecule has 178 valence electrons. The van der Waals surface area contributed by atoms with Gasteiger partial charge in [-0.15, -0.1) is 0 Å². The predicted octanol–water partition coefficient (Wildman–Crippen LogP) is 5.69. The lowest BCUT2D eigenvalue weighted by Crippen LogP contribution is -2.29. The first-order valence-corrected chi connectivity index (χ1v) is 11.6. The van der Waals surface area contributed by atoms with Crippen LogP contribution in [0.25, 0.3) is 11.1 Å². The first-order valence-electron chi connectivity index (χ1n) is 11.6. The van der Waals surface area contributed by atoms with Crippen molar-refractivity contribution in [3.63, 3.8) is 0 Å². The Morgan fingerprint density at radius 2 is 1.68 bits per heavy atom. The molecule has 0 radical (unpaired) electrons. The monoisotopic (exact) mass is 460 g/mol. The largest absolute Gasteiger partial charge is 0.454 e. The van der Waals surface area contributed by atoms with E-state index in [4.69, 9.17) is 9.47 Å². The number of hydrogen-bond acceptors (Lipinski definition) is 4. The van der Waals surface area contributed by atoms with Gasteiger partial charge in [0, 0.05) is 20.1 Å². The third-order valence-electron chi connectivity index (χ3n) is 6.48. The number of benzene rings is 3. The molecule has 2 amide bonds. The summed E-state index contributed by atoms with van der Waals surface area (Å²) >= 11 is 0. The summed E-state index contributed by atoms with van der Waals surface area (Å²) in [4.78, 5) is 25.6. The molecule has 5 rings (SSSR count). The quantitative estimate of drug-likeness (QED) is 0.495. The Morgan fingerprint density at radius 3 is 2.38 bits per heavy atom. The lowest BCUT2D eigenvalue weighted by molar-refractivity contribution is -0.118. The molecule has 0 bridgehead atoms. The van der Waals surface area contributed by atoms with Crippen LogP contribution >= 0.6 is 0 Å². The van der Waals surface area contributed by atoms with Crippen molar-refractivity contribution in [2.24, 2.45) is 0 Å². The zero-order chi connectivity index (χ0) is 23.9. The van der Waals surface area contributed by atoms with E-state index in [1.165, 1.54) is 0 Å². The molecule has 1 aliphatic carbocycles. The predicted molar refractivity (Wildman–Crippen MR) is 136 cm³/mol. The average Bonchev–Trinajstić information content (AvgIpc) is 3.51. The standard InChI is InChI=1S/C28H28N2O4.2H2/c1-17(2)29-26(31)20-7-5-19(6-8-20)23-15-22(10-4-18(23)3)30-27(32)28(12-13-28)21-9-11-24-25(14-21)34-16-33-24;;/h4-11,14-15,17H,12-13,16H2,1-3H3,(H,29,31)(H,30,32);2*1H. The van der Waals surface area contributed by atoms with Crippen LogP contribution in [0.4, 0.5) is 5.69 Å². The van der Waals surface area contributed by atoms with Gasteiger partial charge in [0.2, 0.25) is 12.7 Å². The van der Waals surface area contributed by atoms with Crippen LogP contribution in [0.2, 0.25) is 0 Å². The highest BCUT2D eigenvalue weighted by atomic mass is 16.7. The topological polar surface area (TPSA) is 76.7 Å². The third kappa shape index (κ3) is 4.12. The minimum absolute atomic E-state index is 0. The molecule has 34 heavy (non-hydrogen) atoms. The van der Waals surface area contributed by atoms with Gasteiger partial charge in [-0.05, 0) is 92.3 Å². The Morgan fingerprint density at radius 1 is 0.941 bits per heavy atom. The minimum Gasteiger partial charge on any atom is -0.454 e. The minimum atomic E-state index is -0.530. The van der Waals surface area contributed by atoms with Crippen molar-refractivity contribution in [3.8, 4) is 22.6 Å². The third-order valence-corrected chi connectivity index (χ3v) is 6.48. The summed E-state index contributed by atoms with van der Waals surface area (Å²) in [5.74, 6) is 1.31. The van der Waals surface area contributed by atoms with Crippen molar-refractivity contribution in [1.82, 2.24) is 5.32 Å². The van der Waals surface area contributed by atoms with E-state index in [2.05, 4.69) is 10.6 Å². The molecule has 1 fully saturated rings. The highest BCUT2D eigenvalue weighted by molar-refractivity contribution is 6.02. The molecular weight excluding hydrogens is 428 g/mol. The van der Waals surface area contributed by atoms with Crippen molar-refractivity contribution in [2.75, 3.05) is 12.1 Å². The summed E-state index contributed by atoms with van der Waals surface area (Å²) in [6.45, 7) is 6.13. The number of rotatable bonds is 6. The maximum absolute atomic E-state index is 13.3. The normalized spacial score (nSPS) is 15.2. The maximum Gasteiger partial charge on any atom is 0.251 e. The van der Waals surface area contributed by atoms with Crippen LogP contribution in [0.3, 0.4) is 0 Å². The number of hydrogen-bond donors (Lipinski definition) is 2. The molecule has 3 aromatic rings. The second kappa shape index (κ2) is 8.52. The van der Waals surface area contributed by atoms with Gasteiger partial charge in [0.15, 0.2) is 11.5 Å². The molecular formula is C28H32N2O4. The van der Waals surface area contributed by atoms with Gasteiger partial charge in [-0.2, -0.15) is 0 Å². The number of carbonyl (C=O) groups excluding carboxylic acids is 2. The summed E-state index contributed by atoms with van der Waals surface area (Å²) in [7, 11) is 0. The van der Waals surface area contributed by atoms with Crippen molar-refractivity contribution >= 4 is 17.5 Å². The highest BCUT2D eigenvalue weighted by Crippen LogP contribution is 2.51. The second-order valence-corrected chi connectivity index (χ2v) is 9.34. The van der Waals surface area contributed by atoms with E-state index in [1.807, 2.05) is 81.4 Å². The molecule has 1 aliphatic heterocycles. The van der Waals surface area contributed by atoms with Crippen molar-refractivity contribution in [3.05, 3.63) is 77.4 Å². The number of carbonyl (C=O) groups is 2. The van der Waals surface area contributed by atoms with Gasteiger partial charge in [0.05, 0.1) is 5.41 Å². The van der Waals surface area contributed by atoms with E-state index in [0.717, 1.165) is 46.5 Å². The molecule has 2 N–H and O–H groups in total. The highest BCUT2D eigenvalue weighted by Gasteiger charge is 2.51. The van der Waals surface area contributed by atoms with Gasteiger partial charge in [-0.3, -0.25) is 9.59 Å². The van der Waals surface area contributed by atoms with Gasteiger partial charge >= 0.3 is 0 Å². The molecule has 1 heterocycles. The Labute approximate surface area is 202 Å². The lowest BCUT2D eigenvalue weighted by atomic mass is 9.94. The molecule has 6 heteroatoms. The lowest BCUT2D eigenvalue weighted by Gasteiger charge is -2.17. The molecule has 0 spiro atoms. The number of amides is 2. The van der Waals surface area contributed by atoms with Crippen LogP contribution in [0.5, 0.6) is 11.5 Å². The van der Waals surface area contributed by atoms with Gasteiger partial charge < -0.3 is 20.1 Å². The summed E-state index contributed by atoms with van der Waals surface area (Å²) in [6.07, 6.45) is 1.61. The molecule has 2 aliphatic rings. The molecule has 6 nitrogen and oxygen atoms in total. The van der Waals surface area contributed by atoms with Crippen LogP contribution in [0, 0.1) is 6.92 Å². The summed E-state index contributed by atoms with van der Waals surface area (Å²) in [6, 6.07) is 19.3. The van der Waals surface area contributed by atoms with Gasteiger partial charge in [0.1, 0.15) is 0 Å². The van der Waals surface area contributed by atoms with E-state index in [1.54, 1.807) is 0 Å². The van der Waals surface area contributed by atoms with E-state index in [0.29, 0.717) is 11.3 Å². The summed E-state index contributed by atoms with van der Waals surface area (Å²) in [5.41, 5.74) is 4.90. The van der Waals surface area contributed by atoms with Crippen LogP contribution in [-0.4, -0.2) is 24.6 Å². The first-order chi connectivity index (χ1) is 16.4. The molecule has 0 aromatic heterocycles. The van der Waals surface area contributed by atoms with Gasteiger partial charge in [-0.25, -0.2) is 0 Å². The molecule has 0 atom stereocenters. The molecule has 3 aromatic carbocycles. The fourth-order valence-electron chi connectivity index (χ4n) is 4.37. The van der Waals surface area contributed by atoms with E-state index in [-0.39, 0.29) is 27.5 Å². The number of fused-ring (bicyclic) bond motifs is 1. The number of nitrogens with one attached hydrogen (secondary N) is 2. The summed E-state index contributed by atoms with van der Waals surface area (Å²) in [5, 5.41) is 6.03. The summed E-state index contributed by atoms with van der Waals surface area (Å²) < 4.78 is 10.9. The van der Waals surface area contributed by atoms with E-state index >= 15 is 0 Å². The van der Waals surface area contributed by atoms with Crippen LogP contribution in [0.15, 0.2) is 60.7 Å². The van der Waals surface area contributed by atoms with Gasteiger partial charge in [0.25, 0.3) is 5.91 Å². The molecule has 0 saturated heterocycles. The zero-order valence-corrected chi connectivity index (χ0v) is 19.6. The van der Waals surface area contributed by atoms with Crippen LogP contribution in [-0.2, 0) is 10.2 Å². The second-order valence-electron chi connectivity index (χ2n) is 9.34.